The average molecular weight is 914 g/mol. The maximum atomic E-state index is 7.69. The molecule has 0 aliphatic rings. The van der Waals surface area contributed by atoms with Crippen molar-refractivity contribution in [1.82, 2.24) is 4.67 Å². The fourth-order valence-electron chi connectivity index (χ4n) is 8.36. The van der Waals surface area contributed by atoms with E-state index in [1.165, 1.54) is 0 Å². The third-order valence-electron chi connectivity index (χ3n) is 11.8. The molecule has 6 aromatic carbocycles. The van der Waals surface area contributed by atoms with Gasteiger partial charge in [-0.15, -0.1) is 0 Å². The molecule has 0 spiro atoms. The lowest BCUT2D eigenvalue weighted by atomic mass is 9.79. The highest BCUT2D eigenvalue weighted by molar-refractivity contribution is 7.44. The molecular weight excluding hydrogens is 846 g/mol. The van der Waals surface area contributed by atoms with E-state index in [1.807, 2.05) is 60.7 Å². The fourth-order valence-corrected chi connectivity index (χ4v) is 10.2. The van der Waals surface area contributed by atoms with Crippen molar-refractivity contribution in [1.29, 1.82) is 0 Å². The molecule has 66 heavy (non-hydrogen) atoms. The molecule has 1 unspecified atom stereocenters. The van der Waals surface area contributed by atoms with Crippen LogP contribution in [-0.4, -0.2) is 71.6 Å². The van der Waals surface area contributed by atoms with Gasteiger partial charge >= 0.3 is 0 Å². The molecule has 0 amide bonds. The van der Waals surface area contributed by atoms with Crippen LogP contribution in [0.4, 0.5) is 0 Å². The molecule has 0 fully saturated rings. The Balaban J connectivity index is 1.54. The second-order valence-corrected chi connectivity index (χ2v) is 18.8. The molecule has 0 heterocycles. The first-order valence-corrected chi connectivity index (χ1v) is 23.9. The van der Waals surface area contributed by atoms with Gasteiger partial charge in [-0.3, -0.25) is 0 Å². The summed E-state index contributed by atoms with van der Waals surface area (Å²) in [6.45, 7) is 14.3. The van der Waals surface area contributed by atoms with Crippen LogP contribution in [0.15, 0.2) is 158 Å². The van der Waals surface area contributed by atoms with Crippen molar-refractivity contribution in [2.75, 3.05) is 54.9 Å². The first-order valence-electron chi connectivity index (χ1n) is 22.8. The normalized spacial score (nSPS) is 12.7. The van der Waals surface area contributed by atoms with E-state index >= 15 is 0 Å². The molecular formula is C56H68NO8P. The largest absolute Gasteiger partial charge is 0.497 e. The number of nitrogens with zero attached hydrogens (tertiary/aromatic N) is 1. The highest BCUT2D eigenvalue weighted by Crippen LogP contribution is 2.50. The Morgan fingerprint density at radius 1 is 0.424 bits per heavy atom. The van der Waals surface area contributed by atoms with E-state index in [9.17, 15) is 0 Å². The van der Waals surface area contributed by atoms with Gasteiger partial charge in [0.05, 0.1) is 54.9 Å². The van der Waals surface area contributed by atoms with Crippen molar-refractivity contribution in [3.8, 4) is 23.0 Å². The van der Waals surface area contributed by atoms with Crippen molar-refractivity contribution < 1.29 is 37.5 Å². The maximum absolute atomic E-state index is 7.69. The Hall–Kier alpha value is -5.25. The topological polar surface area (TPSA) is 77.1 Å². The van der Waals surface area contributed by atoms with Crippen molar-refractivity contribution in [2.24, 2.45) is 5.41 Å². The summed E-state index contributed by atoms with van der Waals surface area (Å²) >= 11 is 0. The van der Waals surface area contributed by atoms with Crippen molar-refractivity contribution in [2.45, 2.75) is 71.2 Å². The Morgan fingerprint density at radius 3 is 1.00 bits per heavy atom. The van der Waals surface area contributed by atoms with Gasteiger partial charge in [-0.1, -0.05) is 123 Å². The molecule has 0 aliphatic carbocycles. The standard InChI is InChI=1S/C56H68NO8P/c1-11-38-64-66(57(42(2)3)43(4)5)65-41-54(6,39-62-55(44-18-14-12-15-19-44,46-22-30-50(58-7)31-23-46)47-24-32-51(59-8)33-25-47)40-63-56(45-20-16-13-17-21-45,48-26-34-52(60-9)35-27-48)49-28-36-53(61-10)37-29-49/h12-37,42-43H,11,38-41H2,1-10H3. The summed E-state index contributed by atoms with van der Waals surface area (Å²) in [6, 6.07) is 53.6. The van der Waals surface area contributed by atoms with E-state index in [1.54, 1.807) is 28.4 Å². The Kier molecular flexibility index (Phi) is 17.8. The highest BCUT2D eigenvalue weighted by Gasteiger charge is 2.44. The van der Waals surface area contributed by atoms with Gasteiger partial charge in [0, 0.05) is 17.5 Å². The minimum Gasteiger partial charge on any atom is -0.497 e. The molecule has 0 bridgehead atoms. The van der Waals surface area contributed by atoms with Gasteiger partial charge in [-0.2, -0.15) is 0 Å². The van der Waals surface area contributed by atoms with Crippen LogP contribution < -0.4 is 18.9 Å². The van der Waals surface area contributed by atoms with Gasteiger partial charge in [-0.05, 0) is 116 Å². The second-order valence-electron chi connectivity index (χ2n) is 17.3. The monoisotopic (exact) mass is 913 g/mol. The van der Waals surface area contributed by atoms with E-state index in [-0.39, 0.29) is 31.9 Å². The Morgan fingerprint density at radius 2 is 0.727 bits per heavy atom. The lowest BCUT2D eigenvalue weighted by molar-refractivity contribution is -0.105. The fraction of sp³-hybridized carbons (Fsp3) is 0.357. The molecule has 9 nitrogen and oxygen atoms in total. The smallest absolute Gasteiger partial charge is 0.259 e. The van der Waals surface area contributed by atoms with E-state index in [2.05, 4.69) is 143 Å². The van der Waals surface area contributed by atoms with Crippen LogP contribution in [0.1, 0.15) is 81.3 Å². The van der Waals surface area contributed by atoms with Crippen molar-refractivity contribution >= 4 is 8.53 Å². The predicted molar refractivity (Wildman–Crippen MR) is 266 cm³/mol. The van der Waals surface area contributed by atoms with Gasteiger partial charge in [0.15, 0.2) is 0 Å². The van der Waals surface area contributed by atoms with Gasteiger partial charge < -0.3 is 37.5 Å². The summed E-state index contributed by atoms with van der Waals surface area (Å²) in [5.74, 6) is 2.99. The van der Waals surface area contributed by atoms with E-state index in [4.69, 9.17) is 37.5 Å². The van der Waals surface area contributed by atoms with Crippen molar-refractivity contribution in [3.05, 3.63) is 191 Å². The Labute approximate surface area is 394 Å². The molecule has 10 heteroatoms. The van der Waals surface area contributed by atoms with Crippen LogP contribution >= 0.6 is 8.53 Å². The molecule has 6 rings (SSSR count). The molecule has 6 aromatic rings. The SMILES string of the molecule is CCCOP(OCC(C)(COC(c1ccccc1)(c1ccc(OC)cc1)c1ccc(OC)cc1)COC(c1ccccc1)(c1ccc(OC)cc1)c1ccc(OC)cc1)N(C(C)C)C(C)C. The van der Waals surface area contributed by atoms with Crippen LogP contribution in [0.5, 0.6) is 23.0 Å². The predicted octanol–water partition coefficient (Wildman–Crippen LogP) is 12.8. The third kappa shape index (κ3) is 11.5. The number of methoxy groups -OCH3 is 4. The number of ether oxygens (including phenoxy) is 6. The van der Waals surface area contributed by atoms with Crippen molar-refractivity contribution in [3.63, 3.8) is 0 Å². The van der Waals surface area contributed by atoms with Gasteiger partial charge in [-0.25, -0.2) is 4.67 Å². The van der Waals surface area contributed by atoms with Gasteiger partial charge in [0.25, 0.3) is 8.53 Å². The summed E-state index contributed by atoms with van der Waals surface area (Å²) in [5, 5.41) is 0. The van der Waals surface area contributed by atoms with Crippen LogP contribution in [0.2, 0.25) is 0 Å². The number of benzene rings is 6. The summed E-state index contributed by atoms with van der Waals surface area (Å²) in [5.41, 5.74) is 2.66. The molecule has 0 saturated heterocycles. The number of rotatable bonds is 25. The highest BCUT2D eigenvalue weighted by atomic mass is 31.2. The molecule has 0 radical (unpaired) electrons. The second kappa shape index (κ2) is 23.5. The minimum atomic E-state index is -1.47. The lowest BCUT2D eigenvalue weighted by Gasteiger charge is -2.43. The number of hydrogen-bond acceptors (Lipinski definition) is 9. The molecule has 1 atom stereocenters. The number of hydrogen-bond donors (Lipinski definition) is 0. The molecule has 0 saturated carbocycles. The molecule has 0 N–H and O–H groups in total. The first kappa shape index (κ1) is 50.2. The molecule has 0 aliphatic heterocycles. The third-order valence-corrected chi connectivity index (χ3v) is 13.9. The lowest BCUT2D eigenvalue weighted by Crippen LogP contribution is -2.44. The summed E-state index contributed by atoms with van der Waals surface area (Å²) < 4.78 is 54.1. The Bertz CT molecular complexity index is 2070. The van der Waals surface area contributed by atoms with Crippen LogP contribution in [0.3, 0.4) is 0 Å². The van der Waals surface area contributed by atoms with Gasteiger partial charge in [0.1, 0.15) is 34.2 Å². The maximum Gasteiger partial charge on any atom is 0.259 e. The molecule has 0 aromatic heterocycles. The van der Waals surface area contributed by atoms with Crippen LogP contribution in [-0.2, 0) is 29.7 Å². The average Bonchev–Trinajstić information content (AvgIpc) is 3.36. The zero-order valence-electron chi connectivity index (χ0n) is 40.4. The zero-order valence-corrected chi connectivity index (χ0v) is 41.3. The van der Waals surface area contributed by atoms with E-state index in [0.717, 1.165) is 62.8 Å². The quantitative estimate of drug-likeness (QED) is 0.0412. The van der Waals surface area contributed by atoms with Crippen LogP contribution in [0, 0.1) is 5.41 Å². The zero-order chi connectivity index (χ0) is 47.2. The molecule has 350 valence electrons. The van der Waals surface area contributed by atoms with E-state index < -0.39 is 25.1 Å². The summed E-state index contributed by atoms with van der Waals surface area (Å²) in [6.07, 6.45) is 0.863. The summed E-state index contributed by atoms with van der Waals surface area (Å²) in [7, 11) is 5.24. The minimum absolute atomic E-state index is 0.179. The van der Waals surface area contributed by atoms with Gasteiger partial charge in [0.2, 0.25) is 0 Å². The summed E-state index contributed by atoms with van der Waals surface area (Å²) in [4.78, 5) is 0. The van der Waals surface area contributed by atoms with E-state index in [0.29, 0.717) is 6.61 Å². The van der Waals surface area contributed by atoms with Crippen LogP contribution in [0.25, 0.3) is 0 Å². The first-order chi connectivity index (χ1) is 32.0.